The van der Waals surface area contributed by atoms with Crippen molar-refractivity contribution in [2.24, 2.45) is 5.41 Å². The Morgan fingerprint density at radius 3 is 2.50 bits per heavy atom. The summed E-state index contributed by atoms with van der Waals surface area (Å²) in [7, 11) is 0. The van der Waals surface area contributed by atoms with E-state index in [1.807, 2.05) is 49.6 Å². The highest BCUT2D eigenvalue weighted by atomic mass is 32.1. The monoisotopic (exact) mass is 370 g/mol. The Balaban J connectivity index is 1.54. The maximum Gasteiger partial charge on any atom is 0.232 e. The van der Waals surface area contributed by atoms with Crippen LogP contribution in [0.4, 0.5) is 5.69 Å². The number of anilines is 1. The number of hydrogen-bond acceptors (Lipinski definition) is 3. The van der Waals surface area contributed by atoms with Crippen LogP contribution in [0.15, 0.2) is 35.7 Å². The fourth-order valence-electron chi connectivity index (χ4n) is 3.67. The molecule has 138 valence electrons. The minimum absolute atomic E-state index is 0.0317. The summed E-state index contributed by atoms with van der Waals surface area (Å²) in [5.41, 5.74) is 2.55. The maximum absolute atomic E-state index is 12.8. The molecule has 2 N–H and O–H groups in total. The molecule has 2 aromatic rings. The van der Waals surface area contributed by atoms with Crippen LogP contribution in [-0.4, -0.2) is 18.4 Å². The van der Waals surface area contributed by atoms with Crippen LogP contribution in [0.2, 0.25) is 0 Å². The highest BCUT2D eigenvalue weighted by Gasteiger charge is 2.67. The third kappa shape index (κ3) is 3.40. The second-order valence-corrected chi connectivity index (χ2v) is 8.76. The Kier molecular flexibility index (Phi) is 4.93. The minimum atomic E-state index is -0.439. The maximum atomic E-state index is 12.8. The summed E-state index contributed by atoms with van der Waals surface area (Å²) >= 11 is 1.63. The molecule has 1 atom stereocenters. The topological polar surface area (TPSA) is 58.2 Å². The van der Waals surface area contributed by atoms with Crippen molar-refractivity contribution in [1.29, 1.82) is 0 Å². The predicted octanol–water partition coefficient (Wildman–Crippen LogP) is 4.18. The molecule has 0 saturated heterocycles. The van der Waals surface area contributed by atoms with Gasteiger partial charge in [0.25, 0.3) is 0 Å². The Morgan fingerprint density at radius 1 is 1.19 bits per heavy atom. The fraction of sp³-hybridized carbons (Fsp3) is 0.429. The van der Waals surface area contributed by atoms with Gasteiger partial charge in [-0.15, -0.1) is 11.3 Å². The van der Waals surface area contributed by atoms with Crippen LogP contribution < -0.4 is 10.6 Å². The lowest BCUT2D eigenvalue weighted by Gasteiger charge is -2.19. The van der Waals surface area contributed by atoms with Crippen LogP contribution in [0.1, 0.15) is 42.7 Å². The lowest BCUT2D eigenvalue weighted by Crippen LogP contribution is -2.38. The van der Waals surface area contributed by atoms with Gasteiger partial charge in [0, 0.05) is 23.5 Å². The Morgan fingerprint density at radius 2 is 1.92 bits per heavy atom. The predicted molar refractivity (Wildman–Crippen MR) is 107 cm³/mol. The van der Waals surface area contributed by atoms with Crippen molar-refractivity contribution in [1.82, 2.24) is 5.32 Å². The number of carbonyl (C=O) groups excluding carboxylic acids is 2. The number of thiophene rings is 1. The van der Waals surface area contributed by atoms with Gasteiger partial charge in [0.1, 0.15) is 0 Å². The molecule has 3 rings (SSSR count). The first-order chi connectivity index (χ1) is 12.3. The normalized spacial score (nSPS) is 20.5. The molecule has 0 aliphatic heterocycles. The smallest absolute Gasteiger partial charge is 0.232 e. The molecule has 0 bridgehead atoms. The number of aryl methyl sites for hydroxylation is 2. The van der Waals surface area contributed by atoms with Crippen LogP contribution in [0.3, 0.4) is 0 Å². The summed E-state index contributed by atoms with van der Waals surface area (Å²) in [4.78, 5) is 26.1. The molecule has 1 aromatic carbocycles. The lowest BCUT2D eigenvalue weighted by atomic mass is 9.93. The van der Waals surface area contributed by atoms with Crippen molar-refractivity contribution in [3.8, 4) is 0 Å². The number of benzene rings is 1. The average Bonchev–Trinajstić information content (AvgIpc) is 2.94. The van der Waals surface area contributed by atoms with E-state index in [0.29, 0.717) is 6.54 Å². The molecule has 1 fully saturated rings. The van der Waals surface area contributed by atoms with Gasteiger partial charge >= 0.3 is 0 Å². The van der Waals surface area contributed by atoms with Crippen LogP contribution in [0.25, 0.3) is 0 Å². The molecule has 1 aliphatic carbocycles. The van der Waals surface area contributed by atoms with Crippen LogP contribution >= 0.6 is 11.3 Å². The molecule has 4 nitrogen and oxygen atoms in total. The van der Waals surface area contributed by atoms with Gasteiger partial charge in [0.15, 0.2) is 0 Å². The van der Waals surface area contributed by atoms with E-state index in [2.05, 4.69) is 24.5 Å². The molecule has 1 saturated carbocycles. The molecule has 1 aliphatic rings. The number of rotatable bonds is 6. The Hall–Kier alpha value is -2.14. The Labute approximate surface area is 159 Å². The van der Waals surface area contributed by atoms with Gasteiger partial charge < -0.3 is 10.6 Å². The summed E-state index contributed by atoms with van der Waals surface area (Å²) in [5, 5.41) is 7.91. The first-order valence-corrected chi connectivity index (χ1v) is 9.84. The quantitative estimate of drug-likeness (QED) is 0.801. The van der Waals surface area contributed by atoms with E-state index in [4.69, 9.17) is 0 Å². The summed E-state index contributed by atoms with van der Waals surface area (Å²) in [6.07, 6.45) is 1.11. The van der Waals surface area contributed by atoms with Crippen LogP contribution in [-0.2, 0) is 15.0 Å². The highest BCUT2D eigenvalue weighted by Crippen LogP contribution is 2.65. The third-order valence-electron chi connectivity index (χ3n) is 5.36. The Bertz CT molecular complexity index is 827. The second-order valence-electron chi connectivity index (χ2n) is 7.82. The number of nitrogens with one attached hydrogen (secondary N) is 2. The first kappa shape index (κ1) is 18.6. The van der Waals surface area contributed by atoms with Crippen molar-refractivity contribution >= 4 is 28.8 Å². The van der Waals surface area contributed by atoms with E-state index in [1.165, 1.54) is 5.56 Å². The molecule has 0 spiro atoms. The molecule has 1 heterocycles. The molecular formula is C21H26N2O2S. The van der Waals surface area contributed by atoms with E-state index in [1.54, 1.807) is 11.3 Å². The zero-order chi connectivity index (χ0) is 18.9. The van der Waals surface area contributed by atoms with E-state index in [0.717, 1.165) is 22.5 Å². The highest BCUT2D eigenvalue weighted by molar-refractivity contribution is 7.10. The summed E-state index contributed by atoms with van der Waals surface area (Å²) in [5.74, 6) is -0.0539. The zero-order valence-corrected chi connectivity index (χ0v) is 16.6. The SMILES string of the molecule is Cc1ccc(NC(=O)CCNC(=O)C2(c3cccs3)CC2(C)C)c(C)c1. The fourth-order valence-corrected chi connectivity index (χ4v) is 4.77. The van der Waals surface area contributed by atoms with Crippen molar-refractivity contribution in [2.75, 3.05) is 11.9 Å². The lowest BCUT2D eigenvalue weighted by molar-refractivity contribution is -0.124. The van der Waals surface area contributed by atoms with Gasteiger partial charge in [-0.2, -0.15) is 0 Å². The van der Waals surface area contributed by atoms with E-state index in [-0.39, 0.29) is 23.7 Å². The van der Waals surface area contributed by atoms with Gasteiger partial charge in [0.05, 0.1) is 5.41 Å². The van der Waals surface area contributed by atoms with E-state index < -0.39 is 5.41 Å². The van der Waals surface area contributed by atoms with E-state index in [9.17, 15) is 9.59 Å². The second kappa shape index (κ2) is 6.88. The van der Waals surface area contributed by atoms with Gasteiger partial charge in [0.2, 0.25) is 11.8 Å². The molecule has 1 aromatic heterocycles. The number of carbonyl (C=O) groups is 2. The molecular weight excluding hydrogens is 344 g/mol. The first-order valence-electron chi connectivity index (χ1n) is 8.96. The van der Waals surface area contributed by atoms with Crippen molar-refractivity contribution < 1.29 is 9.59 Å². The molecule has 0 radical (unpaired) electrons. The van der Waals surface area contributed by atoms with Gasteiger partial charge in [-0.05, 0) is 48.8 Å². The van der Waals surface area contributed by atoms with Crippen molar-refractivity contribution in [3.05, 3.63) is 51.7 Å². The molecule has 26 heavy (non-hydrogen) atoms. The third-order valence-corrected chi connectivity index (χ3v) is 6.39. The molecule has 2 amide bonds. The summed E-state index contributed by atoms with van der Waals surface area (Å²) in [6.45, 7) is 8.60. The standard InChI is InChI=1S/C21H26N2O2S/c1-14-7-8-16(15(2)12-14)23-18(24)9-10-22-19(25)21(13-20(21,3)4)17-6-5-11-26-17/h5-8,11-12H,9-10,13H2,1-4H3,(H,22,25)(H,23,24). The number of amides is 2. The van der Waals surface area contributed by atoms with Gasteiger partial charge in [-0.25, -0.2) is 0 Å². The van der Waals surface area contributed by atoms with Crippen LogP contribution in [0, 0.1) is 19.3 Å². The van der Waals surface area contributed by atoms with Gasteiger partial charge in [-0.3, -0.25) is 9.59 Å². The minimum Gasteiger partial charge on any atom is -0.355 e. The average molecular weight is 371 g/mol. The zero-order valence-electron chi connectivity index (χ0n) is 15.8. The van der Waals surface area contributed by atoms with E-state index >= 15 is 0 Å². The number of hydrogen-bond donors (Lipinski definition) is 2. The van der Waals surface area contributed by atoms with Crippen molar-refractivity contribution in [2.45, 2.75) is 46.0 Å². The largest absolute Gasteiger partial charge is 0.355 e. The molecule has 5 heteroatoms. The summed E-state index contributed by atoms with van der Waals surface area (Å²) in [6, 6.07) is 9.95. The molecule has 1 unspecified atom stereocenters. The summed E-state index contributed by atoms with van der Waals surface area (Å²) < 4.78 is 0. The van der Waals surface area contributed by atoms with Gasteiger partial charge in [-0.1, -0.05) is 37.6 Å². The van der Waals surface area contributed by atoms with Crippen LogP contribution in [0.5, 0.6) is 0 Å². The van der Waals surface area contributed by atoms with Crippen molar-refractivity contribution in [3.63, 3.8) is 0 Å².